The second kappa shape index (κ2) is 8.35. The Hall–Kier alpha value is -3.46. The Kier molecular flexibility index (Phi) is 5.25. The molecule has 2 fully saturated rings. The van der Waals surface area contributed by atoms with Crippen molar-refractivity contribution in [1.29, 1.82) is 0 Å². The third kappa shape index (κ3) is 4.36. The number of fused-ring (bicyclic) bond motifs is 1. The van der Waals surface area contributed by atoms with E-state index in [0.29, 0.717) is 17.0 Å². The second-order valence-electron chi connectivity index (χ2n) is 8.39. The van der Waals surface area contributed by atoms with Crippen LogP contribution in [0.25, 0.3) is 16.9 Å². The lowest BCUT2D eigenvalue weighted by molar-refractivity contribution is -0.114. The lowest BCUT2D eigenvalue weighted by atomic mass is 9.95. The predicted octanol–water partition coefficient (Wildman–Crippen LogP) is 3.79. The quantitative estimate of drug-likeness (QED) is 0.662. The molecule has 1 N–H and O–H groups in total. The number of benzene rings is 1. The number of carbonyl (C=O) groups excluding carboxylic acids is 2. The fraction of sp³-hybridized carbons (Fsp3) is 0.360. The van der Waals surface area contributed by atoms with E-state index in [1.807, 2.05) is 42.5 Å². The van der Waals surface area contributed by atoms with Crippen LogP contribution in [0, 0.1) is 17.8 Å². The third-order valence-electron chi connectivity index (χ3n) is 5.99. The molecular weight excluding hydrogens is 388 g/mol. The average Bonchev–Trinajstić information content (AvgIpc) is 3.57. The molecule has 0 bridgehead atoms. The Morgan fingerprint density at radius 2 is 1.74 bits per heavy atom. The molecule has 5 rings (SSSR count). The van der Waals surface area contributed by atoms with Crippen molar-refractivity contribution >= 4 is 17.3 Å². The lowest BCUT2D eigenvalue weighted by Gasteiger charge is -2.22. The van der Waals surface area contributed by atoms with Gasteiger partial charge in [-0.25, -0.2) is 4.52 Å². The highest BCUT2D eigenvalue weighted by atomic mass is 16.1. The van der Waals surface area contributed by atoms with Crippen LogP contribution in [-0.4, -0.2) is 32.3 Å². The summed E-state index contributed by atoms with van der Waals surface area (Å²) in [7, 11) is 0. The van der Waals surface area contributed by atoms with Gasteiger partial charge in [-0.2, -0.15) is 4.98 Å². The Bertz CT molecular complexity index is 1190. The molecule has 2 aliphatic carbocycles. The second-order valence-corrected chi connectivity index (χ2v) is 8.39. The van der Waals surface area contributed by atoms with Crippen LogP contribution in [-0.2, 0) is 4.79 Å². The maximum atomic E-state index is 12.6. The van der Waals surface area contributed by atoms with E-state index in [2.05, 4.69) is 27.2 Å². The monoisotopic (exact) mass is 412 g/mol. The summed E-state index contributed by atoms with van der Waals surface area (Å²) in [4.78, 5) is 28.8. The van der Waals surface area contributed by atoms with Crippen molar-refractivity contribution in [3.8, 4) is 23.1 Å². The molecule has 0 saturated heterocycles. The van der Waals surface area contributed by atoms with Gasteiger partial charge in [-0.05, 0) is 61.8 Å². The van der Waals surface area contributed by atoms with E-state index in [0.717, 1.165) is 36.9 Å². The summed E-state index contributed by atoms with van der Waals surface area (Å²) in [6.07, 6.45) is 7.64. The largest absolute Gasteiger partial charge is 0.349 e. The van der Waals surface area contributed by atoms with Crippen molar-refractivity contribution in [2.24, 2.45) is 5.92 Å². The standard InChI is InChI=1S/C25H24N4O2/c30-22(18-11-12-18)15-16-23-27-24-8-4-7-21(29(24)28-23)17-9-13-19(14-10-17)25(31)26-20-5-2-1-3-6-20/h4,7-10,13-14,18,20H,1-3,5-6,11-12H2,(H,26,31). The number of amides is 1. The summed E-state index contributed by atoms with van der Waals surface area (Å²) in [5.74, 6) is 5.86. The molecule has 1 aromatic carbocycles. The minimum atomic E-state index is -0.0267. The molecule has 0 unspecified atom stereocenters. The molecule has 0 spiro atoms. The SMILES string of the molecule is O=C(NC1CCCCC1)c1ccc(-c2cccc3nc(C#CC(=O)C4CC4)nn23)cc1. The predicted molar refractivity (Wildman–Crippen MR) is 117 cm³/mol. The van der Waals surface area contributed by atoms with Crippen molar-refractivity contribution in [2.75, 3.05) is 0 Å². The van der Waals surface area contributed by atoms with Crippen LogP contribution in [0.4, 0.5) is 0 Å². The van der Waals surface area contributed by atoms with Crippen molar-refractivity contribution in [1.82, 2.24) is 19.9 Å². The van der Waals surface area contributed by atoms with Gasteiger partial charge in [0.1, 0.15) is 0 Å². The number of carbonyl (C=O) groups is 2. The Morgan fingerprint density at radius 3 is 2.48 bits per heavy atom. The first kappa shape index (κ1) is 19.5. The number of rotatable bonds is 4. The summed E-state index contributed by atoms with van der Waals surface area (Å²) in [5.41, 5.74) is 3.11. The number of pyridine rings is 1. The number of nitrogens with one attached hydrogen (secondary N) is 1. The van der Waals surface area contributed by atoms with Crippen molar-refractivity contribution in [3.05, 3.63) is 53.9 Å². The van der Waals surface area contributed by atoms with Gasteiger partial charge < -0.3 is 5.32 Å². The minimum Gasteiger partial charge on any atom is -0.349 e. The molecule has 0 radical (unpaired) electrons. The smallest absolute Gasteiger partial charge is 0.251 e. The first-order valence-electron chi connectivity index (χ1n) is 11.0. The van der Waals surface area contributed by atoms with Crippen molar-refractivity contribution in [2.45, 2.75) is 51.0 Å². The minimum absolute atomic E-state index is 0.0182. The van der Waals surface area contributed by atoms with Gasteiger partial charge in [-0.15, -0.1) is 5.10 Å². The summed E-state index contributed by atoms with van der Waals surface area (Å²) in [6, 6.07) is 13.5. The lowest BCUT2D eigenvalue weighted by Crippen LogP contribution is -2.36. The van der Waals surface area contributed by atoms with E-state index in [-0.39, 0.29) is 23.7 Å². The molecule has 2 aliphatic rings. The van der Waals surface area contributed by atoms with E-state index >= 15 is 0 Å². The molecule has 0 aliphatic heterocycles. The van der Waals surface area contributed by atoms with Gasteiger partial charge in [-0.3, -0.25) is 9.59 Å². The van der Waals surface area contributed by atoms with Crippen LogP contribution in [0.5, 0.6) is 0 Å². The van der Waals surface area contributed by atoms with Gasteiger partial charge in [0.05, 0.1) is 5.69 Å². The topological polar surface area (TPSA) is 76.4 Å². The molecule has 156 valence electrons. The Labute approximate surface area is 181 Å². The summed E-state index contributed by atoms with van der Waals surface area (Å²) in [6.45, 7) is 0. The van der Waals surface area contributed by atoms with Crippen LogP contribution in [0.2, 0.25) is 0 Å². The maximum absolute atomic E-state index is 12.6. The number of hydrogen-bond donors (Lipinski definition) is 1. The zero-order valence-corrected chi connectivity index (χ0v) is 17.3. The van der Waals surface area contributed by atoms with Gasteiger partial charge in [0.25, 0.3) is 5.91 Å². The van der Waals surface area contributed by atoms with E-state index in [1.54, 1.807) is 4.52 Å². The molecule has 0 atom stereocenters. The molecule has 31 heavy (non-hydrogen) atoms. The van der Waals surface area contributed by atoms with E-state index in [1.165, 1.54) is 19.3 Å². The zero-order chi connectivity index (χ0) is 21.2. The third-order valence-corrected chi connectivity index (χ3v) is 5.99. The first-order chi connectivity index (χ1) is 15.2. The van der Waals surface area contributed by atoms with E-state index in [4.69, 9.17) is 0 Å². The van der Waals surface area contributed by atoms with Crippen LogP contribution < -0.4 is 5.32 Å². The first-order valence-corrected chi connectivity index (χ1v) is 11.0. The van der Waals surface area contributed by atoms with E-state index < -0.39 is 0 Å². The molecule has 3 aromatic rings. The van der Waals surface area contributed by atoms with Crippen LogP contribution in [0.15, 0.2) is 42.5 Å². The Morgan fingerprint density at radius 1 is 0.968 bits per heavy atom. The van der Waals surface area contributed by atoms with Gasteiger partial charge in [0, 0.05) is 23.1 Å². The van der Waals surface area contributed by atoms with Crippen molar-refractivity contribution < 1.29 is 9.59 Å². The number of hydrogen-bond acceptors (Lipinski definition) is 4. The summed E-state index contributed by atoms with van der Waals surface area (Å²) >= 11 is 0. The molecule has 1 amide bonds. The van der Waals surface area contributed by atoms with E-state index in [9.17, 15) is 9.59 Å². The zero-order valence-electron chi connectivity index (χ0n) is 17.3. The van der Waals surface area contributed by atoms with Crippen molar-refractivity contribution in [3.63, 3.8) is 0 Å². The number of Topliss-reactive ketones (excluding diaryl/α,β-unsaturated/α-hetero) is 1. The Balaban J connectivity index is 1.36. The molecule has 2 saturated carbocycles. The number of nitrogens with zero attached hydrogens (tertiary/aromatic N) is 3. The highest BCUT2D eigenvalue weighted by Crippen LogP contribution is 2.29. The molecule has 6 heteroatoms. The number of ketones is 1. The molecule has 2 heterocycles. The number of aromatic nitrogens is 3. The average molecular weight is 412 g/mol. The maximum Gasteiger partial charge on any atom is 0.251 e. The van der Waals surface area contributed by atoms with Crippen LogP contribution in [0.1, 0.15) is 61.1 Å². The molecule has 6 nitrogen and oxygen atoms in total. The van der Waals surface area contributed by atoms with Gasteiger partial charge in [0.2, 0.25) is 11.6 Å². The highest BCUT2D eigenvalue weighted by Gasteiger charge is 2.28. The fourth-order valence-electron chi connectivity index (χ4n) is 4.05. The highest BCUT2D eigenvalue weighted by molar-refractivity contribution is 5.99. The van der Waals surface area contributed by atoms with Gasteiger partial charge in [-0.1, -0.05) is 37.5 Å². The van der Waals surface area contributed by atoms with Crippen LogP contribution in [0.3, 0.4) is 0 Å². The molecular formula is C25H24N4O2. The normalized spacial score (nSPS) is 16.5. The van der Waals surface area contributed by atoms with Crippen LogP contribution >= 0.6 is 0 Å². The summed E-state index contributed by atoms with van der Waals surface area (Å²) < 4.78 is 1.72. The fourth-order valence-corrected chi connectivity index (χ4v) is 4.05. The van der Waals surface area contributed by atoms with Gasteiger partial charge in [0.15, 0.2) is 5.65 Å². The summed E-state index contributed by atoms with van der Waals surface area (Å²) in [5, 5.41) is 7.63. The molecule has 2 aromatic heterocycles. The van der Waals surface area contributed by atoms with Gasteiger partial charge >= 0.3 is 0 Å².